The van der Waals surface area contributed by atoms with E-state index in [9.17, 15) is 5.11 Å². The monoisotopic (exact) mass is 248 g/mol. The highest BCUT2D eigenvalue weighted by Crippen LogP contribution is 2.37. The maximum absolute atomic E-state index is 11.1. The Hall–Kier alpha value is -0.900. The molecule has 100 valence electrons. The molecule has 1 aliphatic rings. The molecule has 1 aromatic rings. The zero-order valence-corrected chi connectivity index (χ0v) is 11.6. The quantitative estimate of drug-likeness (QED) is 0.805. The summed E-state index contributed by atoms with van der Waals surface area (Å²) < 4.78 is 0. The molecular formula is C15H24N2O. The minimum absolute atomic E-state index is 0.100. The van der Waals surface area contributed by atoms with Gasteiger partial charge in [-0.15, -0.1) is 0 Å². The fourth-order valence-electron chi connectivity index (χ4n) is 2.90. The van der Waals surface area contributed by atoms with E-state index in [0.29, 0.717) is 0 Å². The summed E-state index contributed by atoms with van der Waals surface area (Å²) in [6, 6.07) is 8.36. The fourth-order valence-corrected chi connectivity index (χ4v) is 2.90. The van der Waals surface area contributed by atoms with E-state index in [-0.39, 0.29) is 6.04 Å². The second-order valence-corrected chi connectivity index (χ2v) is 5.62. The molecular weight excluding hydrogens is 224 g/mol. The maximum Gasteiger partial charge on any atom is 0.106 e. The third-order valence-corrected chi connectivity index (χ3v) is 3.81. The molecule has 2 rings (SSSR count). The van der Waals surface area contributed by atoms with E-state index in [1.807, 2.05) is 31.2 Å². The van der Waals surface area contributed by atoms with E-state index >= 15 is 0 Å². The first-order valence-electron chi connectivity index (χ1n) is 6.75. The maximum atomic E-state index is 11.1. The SMILES string of the molecule is Cc1cccc([C@@]2(O)CCCC[C@@H]2NN(C)C)c1. The van der Waals surface area contributed by atoms with E-state index in [1.54, 1.807) is 0 Å². The molecule has 0 unspecified atom stereocenters. The van der Waals surface area contributed by atoms with Crippen molar-refractivity contribution in [3.8, 4) is 0 Å². The normalized spacial score (nSPS) is 28.6. The van der Waals surface area contributed by atoms with Crippen molar-refractivity contribution in [2.24, 2.45) is 0 Å². The lowest BCUT2D eigenvalue weighted by Crippen LogP contribution is -2.54. The van der Waals surface area contributed by atoms with Crippen molar-refractivity contribution >= 4 is 0 Å². The molecule has 1 fully saturated rings. The number of aliphatic hydroxyl groups is 1. The van der Waals surface area contributed by atoms with Crippen LogP contribution in [0, 0.1) is 6.92 Å². The Morgan fingerprint density at radius 3 is 2.78 bits per heavy atom. The average molecular weight is 248 g/mol. The lowest BCUT2D eigenvalue weighted by Gasteiger charge is -2.42. The largest absolute Gasteiger partial charge is 0.383 e. The predicted molar refractivity (Wildman–Crippen MR) is 74.2 cm³/mol. The topological polar surface area (TPSA) is 35.5 Å². The summed E-state index contributed by atoms with van der Waals surface area (Å²) in [7, 11) is 3.95. The van der Waals surface area contributed by atoms with Crippen LogP contribution in [0.25, 0.3) is 0 Å². The molecule has 3 nitrogen and oxygen atoms in total. The molecule has 1 saturated carbocycles. The summed E-state index contributed by atoms with van der Waals surface area (Å²) in [5.41, 5.74) is 4.88. The van der Waals surface area contributed by atoms with Gasteiger partial charge < -0.3 is 5.11 Å². The van der Waals surface area contributed by atoms with Crippen LogP contribution in [0.5, 0.6) is 0 Å². The Bertz CT molecular complexity index is 405. The minimum atomic E-state index is -0.742. The average Bonchev–Trinajstić information content (AvgIpc) is 2.32. The van der Waals surface area contributed by atoms with Crippen molar-refractivity contribution in [3.05, 3.63) is 35.4 Å². The molecule has 0 bridgehead atoms. The molecule has 2 N–H and O–H groups in total. The molecule has 1 aliphatic carbocycles. The second-order valence-electron chi connectivity index (χ2n) is 5.62. The van der Waals surface area contributed by atoms with Gasteiger partial charge in [-0.05, 0) is 25.3 Å². The zero-order chi connectivity index (χ0) is 13.2. The number of nitrogens with one attached hydrogen (secondary N) is 1. The van der Waals surface area contributed by atoms with Crippen LogP contribution in [0.3, 0.4) is 0 Å². The Labute approximate surface area is 110 Å². The van der Waals surface area contributed by atoms with E-state index in [0.717, 1.165) is 24.8 Å². The van der Waals surface area contributed by atoms with Crippen molar-refractivity contribution in [2.45, 2.75) is 44.2 Å². The zero-order valence-electron chi connectivity index (χ0n) is 11.6. The lowest BCUT2D eigenvalue weighted by atomic mass is 9.75. The Morgan fingerprint density at radius 1 is 1.33 bits per heavy atom. The lowest BCUT2D eigenvalue weighted by molar-refractivity contribution is -0.0515. The molecule has 0 aromatic heterocycles. The molecule has 3 heteroatoms. The Kier molecular flexibility index (Phi) is 4.05. The van der Waals surface area contributed by atoms with Crippen LogP contribution >= 0.6 is 0 Å². The number of hydrazine groups is 1. The highest BCUT2D eigenvalue weighted by Gasteiger charge is 2.40. The number of aryl methyl sites for hydroxylation is 1. The van der Waals surface area contributed by atoms with Crippen LogP contribution in [0.4, 0.5) is 0 Å². The molecule has 0 heterocycles. The minimum Gasteiger partial charge on any atom is -0.383 e. The standard InChI is InChI=1S/C15H24N2O/c1-12-7-6-8-13(11-12)15(18)10-5-4-9-14(15)16-17(2)3/h6-8,11,14,16,18H,4-5,9-10H2,1-3H3/t14-,15-/m0/s1. The van der Waals surface area contributed by atoms with E-state index in [2.05, 4.69) is 24.5 Å². The van der Waals surface area contributed by atoms with Gasteiger partial charge in [0.25, 0.3) is 0 Å². The van der Waals surface area contributed by atoms with Crippen LogP contribution in [0.1, 0.15) is 36.8 Å². The fraction of sp³-hybridized carbons (Fsp3) is 0.600. The number of hydrogen-bond acceptors (Lipinski definition) is 3. The molecule has 18 heavy (non-hydrogen) atoms. The summed E-state index contributed by atoms with van der Waals surface area (Å²) in [5, 5.41) is 13.0. The third-order valence-electron chi connectivity index (χ3n) is 3.81. The van der Waals surface area contributed by atoms with Crippen LogP contribution in [0.15, 0.2) is 24.3 Å². The van der Waals surface area contributed by atoms with E-state index in [1.165, 1.54) is 12.0 Å². The predicted octanol–water partition coefficient (Wildman–Crippen LogP) is 2.19. The van der Waals surface area contributed by atoms with Gasteiger partial charge in [0.05, 0.1) is 6.04 Å². The highest BCUT2D eigenvalue weighted by molar-refractivity contribution is 5.29. The molecule has 2 atom stereocenters. The van der Waals surface area contributed by atoms with Gasteiger partial charge in [-0.1, -0.05) is 42.7 Å². The van der Waals surface area contributed by atoms with Crippen molar-refractivity contribution in [1.82, 2.24) is 10.4 Å². The highest BCUT2D eigenvalue weighted by atomic mass is 16.3. The van der Waals surface area contributed by atoms with Crippen LogP contribution in [-0.4, -0.2) is 30.3 Å². The van der Waals surface area contributed by atoms with Crippen LogP contribution in [0.2, 0.25) is 0 Å². The molecule has 0 radical (unpaired) electrons. The third kappa shape index (κ3) is 2.74. The van der Waals surface area contributed by atoms with Crippen LogP contribution in [-0.2, 0) is 5.60 Å². The van der Waals surface area contributed by atoms with Gasteiger partial charge in [0.15, 0.2) is 0 Å². The summed E-state index contributed by atoms with van der Waals surface area (Å²) in [6.07, 6.45) is 4.13. The van der Waals surface area contributed by atoms with Gasteiger partial charge >= 0.3 is 0 Å². The number of nitrogens with zero attached hydrogens (tertiary/aromatic N) is 1. The Morgan fingerprint density at radius 2 is 2.11 bits per heavy atom. The number of hydrogen-bond donors (Lipinski definition) is 2. The molecule has 0 saturated heterocycles. The summed E-state index contributed by atoms with van der Waals surface area (Å²) in [6.45, 7) is 2.07. The van der Waals surface area contributed by atoms with Crippen molar-refractivity contribution in [1.29, 1.82) is 0 Å². The molecule has 0 aliphatic heterocycles. The second kappa shape index (κ2) is 5.39. The van der Waals surface area contributed by atoms with Crippen molar-refractivity contribution in [3.63, 3.8) is 0 Å². The molecule has 1 aromatic carbocycles. The molecule has 0 spiro atoms. The first-order chi connectivity index (χ1) is 8.52. The molecule has 0 amide bonds. The number of rotatable bonds is 3. The summed E-state index contributed by atoms with van der Waals surface area (Å²) >= 11 is 0. The van der Waals surface area contributed by atoms with Gasteiger partial charge in [-0.25, -0.2) is 5.43 Å². The van der Waals surface area contributed by atoms with Gasteiger partial charge in [-0.2, -0.15) is 0 Å². The van der Waals surface area contributed by atoms with E-state index < -0.39 is 5.60 Å². The van der Waals surface area contributed by atoms with Gasteiger partial charge in [0.1, 0.15) is 5.60 Å². The van der Waals surface area contributed by atoms with Gasteiger partial charge in [0.2, 0.25) is 0 Å². The number of benzene rings is 1. The van der Waals surface area contributed by atoms with Crippen molar-refractivity contribution in [2.75, 3.05) is 14.1 Å². The van der Waals surface area contributed by atoms with Crippen molar-refractivity contribution < 1.29 is 5.11 Å². The van der Waals surface area contributed by atoms with Crippen LogP contribution < -0.4 is 5.43 Å². The van der Waals surface area contributed by atoms with Gasteiger partial charge in [0, 0.05) is 14.1 Å². The first kappa shape index (κ1) is 13.5. The van der Waals surface area contributed by atoms with E-state index in [4.69, 9.17) is 0 Å². The smallest absolute Gasteiger partial charge is 0.106 e. The first-order valence-corrected chi connectivity index (χ1v) is 6.75. The van der Waals surface area contributed by atoms with Gasteiger partial charge in [-0.3, -0.25) is 5.01 Å². The summed E-state index contributed by atoms with van der Waals surface area (Å²) in [4.78, 5) is 0. The summed E-state index contributed by atoms with van der Waals surface area (Å²) in [5.74, 6) is 0. The Balaban J connectivity index is 2.29.